The summed E-state index contributed by atoms with van der Waals surface area (Å²) in [6.07, 6.45) is 6.36. The maximum atomic E-state index is 5.44. The lowest BCUT2D eigenvalue weighted by Crippen LogP contribution is -2.29. The quantitative estimate of drug-likeness (QED) is 0.712. The molecule has 0 saturated heterocycles. The van der Waals surface area contributed by atoms with E-state index in [-0.39, 0.29) is 6.04 Å². The minimum absolute atomic E-state index is 0.154. The third kappa shape index (κ3) is 2.90. The van der Waals surface area contributed by atoms with Crippen LogP contribution in [0, 0.1) is 19.3 Å². The van der Waals surface area contributed by atoms with Gasteiger partial charge in [-0.25, -0.2) is 0 Å². The van der Waals surface area contributed by atoms with Crippen LogP contribution in [0.15, 0.2) is 24.3 Å². The molecule has 0 aliphatic carbocycles. The van der Waals surface area contributed by atoms with Crippen molar-refractivity contribution in [3.63, 3.8) is 0 Å². The summed E-state index contributed by atoms with van der Waals surface area (Å²) in [6, 6.07) is 8.52. The molecule has 0 saturated carbocycles. The average molecular weight is 187 g/mol. The predicted octanol–water partition coefficient (Wildman–Crippen LogP) is 2.15. The second kappa shape index (κ2) is 5.47. The standard InChI is InChI=1S/C13H17N/c1-4-13(14-5-2)10-12-9-7-6-8-11(12)3/h1,6-9,13-14H,5,10H2,2-3H3. The van der Waals surface area contributed by atoms with E-state index in [1.165, 1.54) is 11.1 Å². The molecule has 1 aromatic rings. The van der Waals surface area contributed by atoms with Crippen molar-refractivity contribution >= 4 is 0 Å². The molecular formula is C13H17N. The fraction of sp³-hybridized carbons (Fsp3) is 0.385. The van der Waals surface area contributed by atoms with Crippen LogP contribution >= 0.6 is 0 Å². The van der Waals surface area contributed by atoms with Crippen molar-refractivity contribution in [1.29, 1.82) is 0 Å². The summed E-state index contributed by atoms with van der Waals surface area (Å²) >= 11 is 0. The number of hydrogen-bond acceptors (Lipinski definition) is 1. The first-order chi connectivity index (χ1) is 6.77. The van der Waals surface area contributed by atoms with E-state index in [1.807, 2.05) is 0 Å². The van der Waals surface area contributed by atoms with Crippen LogP contribution in [0.2, 0.25) is 0 Å². The molecule has 1 nitrogen and oxygen atoms in total. The maximum absolute atomic E-state index is 5.44. The highest BCUT2D eigenvalue weighted by Gasteiger charge is 2.05. The van der Waals surface area contributed by atoms with Gasteiger partial charge in [0, 0.05) is 0 Å². The van der Waals surface area contributed by atoms with Crippen LogP contribution in [0.3, 0.4) is 0 Å². The highest BCUT2D eigenvalue weighted by atomic mass is 14.9. The van der Waals surface area contributed by atoms with Gasteiger partial charge in [0.15, 0.2) is 0 Å². The molecule has 1 N–H and O–H groups in total. The first-order valence-corrected chi connectivity index (χ1v) is 5.02. The number of nitrogens with one attached hydrogen (secondary N) is 1. The molecule has 0 aliphatic rings. The summed E-state index contributed by atoms with van der Waals surface area (Å²) in [6.45, 7) is 5.11. The van der Waals surface area contributed by atoms with Crippen LogP contribution in [0.5, 0.6) is 0 Å². The van der Waals surface area contributed by atoms with Crippen molar-refractivity contribution in [2.75, 3.05) is 6.54 Å². The van der Waals surface area contributed by atoms with E-state index in [0.29, 0.717) is 0 Å². The van der Waals surface area contributed by atoms with Crippen LogP contribution in [0.4, 0.5) is 0 Å². The van der Waals surface area contributed by atoms with E-state index >= 15 is 0 Å². The van der Waals surface area contributed by atoms with Gasteiger partial charge >= 0.3 is 0 Å². The molecule has 0 amide bonds. The number of hydrogen-bond donors (Lipinski definition) is 1. The van der Waals surface area contributed by atoms with Crippen molar-refractivity contribution in [1.82, 2.24) is 5.32 Å². The molecule has 0 heterocycles. The van der Waals surface area contributed by atoms with E-state index in [4.69, 9.17) is 6.42 Å². The summed E-state index contributed by atoms with van der Waals surface area (Å²) in [4.78, 5) is 0. The Morgan fingerprint density at radius 3 is 2.71 bits per heavy atom. The first-order valence-electron chi connectivity index (χ1n) is 5.02. The average Bonchev–Trinajstić information content (AvgIpc) is 2.20. The summed E-state index contributed by atoms with van der Waals surface area (Å²) in [5.74, 6) is 2.77. The fourth-order valence-corrected chi connectivity index (χ4v) is 1.50. The molecule has 0 fully saturated rings. The fourth-order valence-electron chi connectivity index (χ4n) is 1.50. The summed E-state index contributed by atoms with van der Waals surface area (Å²) in [5, 5.41) is 3.27. The molecule has 1 atom stereocenters. The van der Waals surface area contributed by atoms with E-state index in [1.54, 1.807) is 0 Å². The highest BCUT2D eigenvalue weighted by Crippen LogP contribution is 2.09. The van der Waals surface area contributed by atoms with Crippen molar-refractivity contribution in [3.05, 3.63) is 35.4 Å². The van der Waals surface area contributed by atoms with Crippen molar-refractivity contribution in [2.24, 2.45) is 0 Å². The van der Waals surface area contributed by atoms with Crippen LogP contribution in [-0.4, -0.2) is 12.6 Å². The lowest BCUT2D eigenvalue weighted by atomic mass is 10.0. The number of aryl methyl sites for hydroxylation is 1. The minimum atomic E-state index is 0.154. The van der Waals surface area contributed by atoms with Gasteiger partial charge in [0.2, 0.25) is 0 Å². The zero-order valence-corrected chi connectivity index (χ0v) is 8.88. The van der Waals surface area contributed by atoms with Crippen molar-refractivity contribution in [3.8, 4) is 12.3 Å². The number of likely N-dealkylation sites (N-methyl/N-ethyl adjacent to an activating group) is 1. The smallest absolute Gasteiger partial charge is 0.0727 e. The molecule has 0 bridgehead atoms. The van der Waals surface area contributed by atoms with E-state index in [2.05, 4.69) is 49.4 Å². The first kappa shape index (κ1) is 10.8. The van der Waals surface area contributed by atoms with Crippen LogP contribution in [0.25, 0.3) is 0 Å². The summed E-state index contributed by atoms with van der Waals surface area (Å²) in [7, 11) is 0. The summed E-state index contributed by atoms with van der Waals surface area (Å²) < 4.78 is 0. The molecule has 1 rings (SSSR count). The van der Waals surface area contributed by atoms with Gasteiger partial charge in [-0.05, 0) is 31.0 Å². The molecular weight excluding hydrogens is 170 g/mol. The van der Waals surface area contributed by atoms with Crippen LogP contribution in [-0.2, 0) is 6.42 Å². The van der Waals surface area contributed by atoms with E-state index in [0.717, 1.165) is 13.0 Å². The van der Waals surface area contributed by atoms with Gasteiger partial charge in [0.25, 0.3) is 0 Å². The molecule has 14 heavy (non-hydrogen) atoms. The Hall–Kier alpha value is -1.26. The van der Waals surface area contributed by atoms with E-state index in [9.17, 15) is 0 Å². The molecule has 1 unspecified atom stereocenters. The molecule has 0 spiro atoms. The van der Waals surface area contributed by atoms with Gasteiger partial charge in [-0.15, -0.1) is 6.42 Å². The number of benzene rings is 1. The molecule has 1 heteroatoms. The summed E-state index contributed by atoms with van der Waals surface area (Å²) in [5.41, 5.74) is 2.64. The Morgan fingerprint density at radius 2 is 2.14 bits per heavy atom. The van der Waals surface area contributed by atoms with E-state index < -0.39 is 0 Å². The SMILES string of the molecule is C#CC(Cc1ccccc1C)NCC. The maximum Gasteiger partial charge on any atom is 0.0727 e. The van der Waals surface area contributed by atoms with Gasteiger partial charge in [-0.3, -0.25) is 0 Å². The Balaban J connectivity index is 2.68. The second-order valence-electron chi connectivity index (χ2n) is 3.41. The Kier molecular flexibility index (Phi) is 4.22. The topological polar surface area (TPSA) is 12.0 Å². The minimum Gasteiger partial charge on any atom is -0.304 e. The number of terminal acetylenes is 1. The molecule has 1 aromatic carbocycles. The zero-order chi connectivity index (χ0) is 10.4. The Bertz CT molecular complexity index is 322. The molecule has 0 aromatic heterocycles. The normalized spacial score (nSPS) is 12.1. The Labute approximate surface area is 86.5 Å². The third-order valence-corrected chi connectivity index (χ3v) is 2.34. The van der Waals surface area contributed by atoms with Gasteiger partial charge in [-0.1, -0.05) is 37.1 Å². The largest absolute Gasteiger partial charge is 0.304 e. The predicted molar refractivity (Wildman–Crippen MR) is 61.2 cm³/mol. The lowest BCUT2D eigenvalue weighted by molar-refractivity contribution is 0.627. The highest BCUT2D eigenvalue weighted by molar-refractivity contribution is 5.27. The zero-order valence-electron chi connectivity index (χ0n) is 8.88. The van der Waals surface area contributed by atoms with Gasteiger partial charge in [0.1, 0.15) is 0 Å². The van der Waals surface area contributed by atoms with Crippen molar-refractivity contribution in [2.45, 2.75) is 26.3 Å². The molecule has 74 valence electrons. The molecule has 0 radical (unpaired) electrons. The monoisotopic (exact) mass is 187 g/mol. The van der Waals surface area contributed by atoms with Crippen molar-refractivity contribution < 1.29 is 0 Å². The van der Waals surface area contributed by atoms with Crippen LogP contribution < -0.4 is 5.32 Å². The lowest BCUT2D eigenvalue weighted by Gasteiger charge is -2.12. The number of rotatable bonds is 4. The van der Waals surface area contributed by atoms with Crippen LogP contribution in [0.1, 0.15) is 18.1 Å². The Morgan fingerprint density at radius 1 is 1.43 bits per heavy atom. The second-order valence-corrected chi connectivity index (χ2v) is 3.41. The molecule has 0 aliphatic heterocycles. The van der Waals surface area contributed by atoms with Gasteiger partial charge < -0.3 is 5.32 Å². The van der Waals surface area contributed by atoms with Gasteiger partial charge in [0.05, 0.1) is 6.04 Å². The van der Waals surface area contributed by atoms with Gasteiger partial charge in [-0.2, -0.15) is 0 Å². The third-order valence-electron chi connectivity index (χ3n) is 2.34.